The number of hydrogen-bond acceptors (Lipinski definition) is 7. The fourth-order valence-corrected chi connectivity index (χ4v) is 2.02. The summed E-state index contributed by atoms with van der Waals surface area (Å²) in [7, 11) is 0. The molecule has 0 unspecified atom stereocenters. The Morgan fingerprint density at radius 1 is 0.900 bits per heavy atom. The van der Waals surface area contributed by atoms with Gasteiger partial charge >= 0.3 is 11.9 Å². The molecule has 11 N–H and O–H groups in total. The van der Waals surface area contributed by atoms with Crippen molar-refractivity contribution in [1.82, 2.24) is 6.15 Å². The van der Waals surface area contributed by atoms with Gasteiger partial charge in [0.25, 0.3) is 0 Å². The van der Waals surface area contributed by atoms with Crippen molar-refractivity contribution in [2.45, 2.75) is 25.3 Å². The maximum absolute atomic E-state index is 10.5. The third-order valence-corrected chi connectivity index (χ3v) is 3.61. The van der Waals surface area contributed by atoms with Gasteiger partial charge < -0.3 is 33.6 Å². The van der Waals surface area contributed by atoms with E-state index >= 15 is 0 Å². The van der Waals surface area contributed by atoms with Gasteiger partial charge in [0.05, 0.1) is 6.54 Å². The number of aldehydes is 1. The van der Waals surface area contributed by atoms with Crippen molar-refractivity contribution < 1.29 is 24.6 Å². The second-order valence-corrected chi connectivity index (χ2v) is 5.93. The Balaban J connectivity index is 0. The van der Waals surface area contributed by atoms with Crippen LogP contribution in [0.15, 0.2) is 54.6 Å². The summed E-state index contributed by atoms with van der Waals surface area (Å²) in [5.74, 6) is -1.90. The lowest BCUT2D eigenvalue weighted by atomic mass is 10.0. The zero-order chi connectivity index (χ0) is 22.1. The van der Waals surface area contributed by atoms with Crippen molar-refractivity contribution in [3.05, 3.63) is 60.2 Å². The quantitative estimate of drug-likeness (QED) is 0.272. The first-order valence-corrected chi connectivity index (χ1v) is 9.06. The Morgan fingerprint density at radius 2 is 1.40 bits per heavy atom. The van der Waals surface area contributed by atoms with E-state index in [4.69, 9.17) is 21.7 Å². The van der Waals surface area contributed by atoms with Crippen LogP contribution >= 0.6 is 0 Å². The van der Waals surface area contributed by atoms with Gasteiger partial charge in [-0.05, 0) is 30.5 Å². The van der Waals surface area contributed by atoms with E-state index in [2.05, 4.69) is 17.9 Å². The van der Waals surface area contributed by atoms with Gasteiger partial charge in [-0.1, -0.05) is 61.0 Å². The molecule has 0 aliphatic rings. The van der Waals surface area contributed by atoms with Gasteiger partial charge in [0.15, 0.2) is 0 Å². The number of nitrogens with two attached hydrogens (primary N) is 3. The van der Waals surface area contributed by atoms with Crippen molar-refractivity contribution >= 4 is 18.2 Å². The summed E-state index contributed by atoms with van der Waals surface area (Å²) in [6.45, 7) is 0.326. The van der Waals surface area contributed by atoms with Crippen molar-refractivity contribution in [3.63, 3.8) is 0 Å². The highest BCUT2D eigenvalue weighted by Gasteiger charge is 2.09. The summed E-state index contributed by atoms with van der Waals surface area (Å²) in [4.78, 5) is 29.8. The van der Waals surface area contributed by atoms with Crippen LogP contribution in [-0.4, -0.2) is 47.6 Å². The molecular formula is C21H32N4O5. The minimum atomic E-state index is -0.968. The lowest BCUT2D eigenvalue weighted by Crippen LogP contribution is -2.29. The Hall–Kier alpha value is -3.11. The molecule has 0 fully saturated rings. The van der Waals surface area contributed by atoms with Crippen LogP contribution < -0.4 is 23.4 Å². The second-order valence-electron chi connectivity index (χ2n) is 5.93. The Bertz CT molecular complexity index is 724. The summed E-state index contributed by atoms with van der Waals surface area (Å²) in [6, 6.07) is 17.0. The molecule has 0 aliphatic heterocycles. The topological polar surface area (TPSA) is 205 Å². The predicted molar refractivity (Wildman–Crippen MR) is 117 cm³/mol. The zero-order valence-corrected chi connectivity index (χ0v) is 16.9. The van der Waals surface area contributed by atoms with E-state index in [1.165, 1.54) is 5.56 Å². The van der Waals surface area contributed by atoms with Crippen LogP contribution in [-0.2, 0) is 9.59 Å². The third-order valence-electron chi connectivity index (χ3n) is 3.61. The first kappa shape index (κ1) is 29.1. The molecule has 30 heavy (non-hydrogen) atoms. The van der Waals surface area contributed by atoms with E-state index in [0.717, 1.165) is 24.7 Å². The molecule has 0 aliphatic carbocycles. The average molecular weight is 421 g/mol. The summed E-state index contributed by atoms with van der Waals surface area (Å²) in [6.07, 6.45) is 3.02. The predicted octanol–water partition coefficient (Wildman–Crippen LogP) is 1.89. The number of carbonyl (C=O) groups is 3. The summed E-state index contributed by atoms with van der Waals surface area (Å²) in [5.41, 5.74) is 18.0. The molecule has 2 aromatic rings. The summed E-state index contributed by atoms with van der Waals surface area (Å²) >= 11 is 0. The average Bonchev–Trinajstić information content (AvgIpc) is 2.75. The van der Waals surface area contributed by atoms with E-state index in [1.807, 2.05) is 42.5 Å². The molecule has 0 amide bonds. The third kappa shape index (κ3) is 14.0. The van der Waals surface area contributed by atoms with Crippen LogP contribution in [0.4, 0.5) is 0 Å². The van der Waals surface area contributed by atoms with E-state index in [-0.39, 0.29) is 12.7 Å². The maximum Gasteiger partial charge on any atom is 0.320 e. The number of rotatable bonds is 8. The maximum atomic E-state index is 10.5. The van der Waals surface area contributed by atoms with E-state index in [1.54, 1.807) is 0 Å². The van der Waals surface area contributed by atoms with Crippen LogP contribution in [0.1, 0.15) is 29.6 Å². The standard InChI is InChI=1S/C13H10O.C6H14N2O2.C2H5NO2.H3N/c14-10-11-6-8-13(9-7-11)12-4-2-1-3-5-12;7-4-2-1-3-5(8)6(9)10;3-1-2(4)5;/h1-10H;5H,1-4,7-8H2,(H,9,10);1,3H2,(H,4,5);1H3/t;5-;;/m.0../s1. The minimum absolute atomic E-state index is 0. The molecule has 0 bridgehead atoms. The van der Waals surface area contributed by atoms with Crippen LogP contribution in [0.2, 0.25) is 0 Å². The molecule has 9 nitrogen and oxygen atoms in total. The van der Waals surface area contributed by atoms with Crippen molar-refractivity contribution in [3.8, 4) is 11.1 Å². The fraction of sp³-hybridized carbons (Fsp3) is 0.286. The molecule has 2 rings (SSSR count). The second kappa shape index (κ2) is 18.0. The number of unbranched alkanes of at least 4 members (excludes halogenated alkanes) is 1. The van der Waals surface area contributed by atoms with E-state index in [0.29, 0.717) is 18.5 Å². The highest BCUT2D eigenvalue weighted by molar-refractivity contribution is 5.76. The first-order chi connectivity index (χ1) is 13.8. The van der Waals surface area contributed by atoms with Gasteiger partial charge in [-0.25, -0.2) is 0 Å². The van der Waals surface area contributed by atoms with Gasteiger partial charge in [0.1, 0.15) is 12.3 Å². The van der Waals surface area contributed by atoms with Crippen molar-refractivity contribution in [2.24, 2.45) is 17.2 Å². The van der Waals surface area contributed by atoms with E-state index in [9.17, 15) is 14.4 Å². The lowest BCUT2D eigenvalue weighted by molar-refractivity contribution is -0.138. The van der Waals surface area contributed by atoms with Crippen molar-refractivity contribution in [1.29, 1.82) is 0 Å². The fourth-order valence-electron chi connectivity index (χ4n) is 2.02. The highest BCUT2D eigenvalue weighted by atomic mass is 16.4. The largest absolute Gasteiger partial charge is 0.480 e. The van der Waals surface area contributed by atoms with Crippen LogP contribution in [0.3, 0.4) is 0 Å². The number of benzene rings is 2. The Labute approximate surface area is 176 Å². The Morgan fingerprint density at radius 3 is 1.80 bits per heavy atom. The zero-order valence-electron chi connectivity index (χ0n) is 16.9. The summed E-state index contributed by atoms with van der Waals surface area (Å²) in [5, 5.41) is 15.9. The molecule has 0 spiro atoms. The number of aliphatic carboxylic acids is 2. The number of hydrogen-bond donors (Lipinski definition) is 6. The number of carboxylic acid groups (broad SMARTS) is 2. The molecule has 0 saturated carbocycles. The highest BCUT2D eigenvalue weighted by Crippen LogP contribution is 2.18. The molecule has 2 aromatic carbocycles. The summed E-state index contributed by atoms with van der Waals surface area (Å²) < 4.78 is 0. The van der Waals surface area contributed by atoms with Crippen LogP contribution in [0.5, 0.6) is 0 Å². The molecule has 0 aromatic heterocycles. The smallest absolute Gasteiger partial charge is 0.320 e. The lowest BCUT2D eigenvalue weighted by Gasteiger charge is -2.03. The SMILES string of the molecule is N.NCC(=O)O.NCCCC[C@H](N)C(=O)O.O=Cc1ccc(-c2ccccc2)cc1. The number of carbonyl (C=O) groups excluding carboxylic acids is 1. The molecule has 0 saturated heterocycles. The molecular weight excluding hydrogens is 388 g/mol. The Kier molecular flexibility index (Phi) is 17.4. The molecule has 9 heteroatoms. The van der Waals surface area contributed by atoms with E-state index < -0.39 is 18.0 Å². The molecule has 0 heterocycles. The van der Waals surface area contributed by atoms with Gasteiger partial charge in [0.2, 0.25) is 0 Å². The van der Waals surface area contributed by atoms with Crippen LogP contribution in [0, 0.1) is 0 Å². The first-order valence-electron chi connectivity index (χ1n) is 9.06. The van der Waals surface area contributed by atoms with Gasteiger partial charge in [-0.15, -0.1) is 0 Å². The van der Waals surface area contributed by atoms with Gasteiger partial charge in [-0.2, -0.15) is 0 Å². The normalized spacial score (nSPS) is 10.1. The monoisotopic (exact) mass is 420 g/mol. The van der Waals surface area contributed by atoms with Gasteiger partial charge in [-0.3, -0.25) is 14.4 Å². The minimum Gasteiger partial charge on any atom is -0.480 e. The van der Waals surface area contributed by atoms with Crippen LogP contribution in [0.25, 0.3) is 11.1 Å². The number of carboxylic acids is 2. The molecule has 0 radical (unpaired) electrons. The molecule has 1 atom stereocenters. The van der Waals surface area contributed by atoms with Gasteiger partial charge in [0, 0.05) is 5.56 Å². The molecule has 166 valence electrons. The van der Waals surface area contributed by atoms with Crippen molar-refractivity contribution in [2.75, 3.05) is 13.1 Å².